The number of aryl methyl sites for hydroxylation is 2. The summed E-state index contributed by atoms with van der Waals surface area (Å²) in [6.07, 6.45) is -3.54. The Morgan fingerprint density at radius 3 is 2.42 bits per heavy atom. The number of carbonyl (C=O) groups excluding carboxylic acids is 1. The SMILES string of the molecule is CCc1cccc(C)c1NC(=O)CS(=O)(=O)c1ccc(C(F)(F)F)cn1. The molecule has 0 atom stereocenters. The van der Waals surface area contributed by atoms with Gasteiger partial charge in [0.15, 0.2) is 5.03 Å². The van der Waals surface area contributed by atoms with Crippen molar-refractivity contribution in [3.63, 3.8) is 0 Å². The Balaban J connectivity index is 2.18. The van der Waals surface area contributed by atoms with Crippen molar-refractivity contribution in [1.82, 2.24) is 4.98 Å². The molecule has 26 heavy (non-hydrogen) atoms. The first kappa shape index (κ1) is 19.9. The van der Waals surface area contributed by atoms with Gasteiger partial charge in [0.2, 0.25) is 15.7 Å². The lowest BCUT2D eigenvalue weighted by molar-refractivity contribution is -0.137. The summed E-state index contributed by atoms with van der Waals surface area (Å²) >= 11 is 0. The molecule has 1 heterocycles. The van der Waals surface area contributed by atoms with Crippen LogP contribution in [0.15, 0.2) is 41.6 Å². The van der Waals surface area contributed by atoms with Gasteiger partial charge in [-0.1, -0.05) is 25.1 Å². The van der Waals surface area contributed by atoms with Gasteiger partial charge in [0.1, 0.15) is 5.75 Å². The number of rotatable bonds is 5. The standard InChI is InChI=1S/C17H17F3N2O3S/c1-3-12-6-4-5-11(2)16(12)22-14(23)10-26(24,25)15-8-7-13(9-21-15)17(18,19)20/h4-9H,3,10H2,1-2H3,(H,22,23). The first-order valence-electron chi connectivity index (χ1n) is 7.69. The number of sulfone groups is 1. The molecule has 0 spiro atoms. The molecule has 9 heteroatoms. The molecule has 5 nitrogen and oxygen atoms in total. The molecule has 0 bridgehead atoms. The first-order chi connectivity index (χ1) is 12.0. The van der Waals surface area contributed by atoms with Crippen molar-refractivity contribution in [3.8, 4) is 0 Å². The molecular weight excluding hydrogens is 369 g/mol. The van der Waals surface area contributed by atoms with Gasteiger partial charge in [-0.15, -0.1) is 0 Å². The minimum absolute atomic E-state index is 0.432. The zero-order valence-corrected chi connectivity index (χ0v) is 14.9. The van der Waals surface area contributed by atoms with Crippen molar-refractivity contribution in [2.75, 3.05) is 11.1 Å². The van der Waals surface area contributed by atoms with Crippen LogP contribution in [0.1, 0.15) is 23.6 Å². The Morgan fingerprint density at radius 1 is 1.19 bits per heavy atom. The highest BCUT2D eigenvalue weighted by molar-refractivity contribution is 7.92. The molecule has 0 fully saturated rings. The van der Waals surface area contributed by atoms with Gasteiger partial charge in [-0.05, 0) is 36.6 Å². The maximum Gasteiger partial charge on any atom is 0.417 e. The van der Waals surface area contributed by atoms with Crippen molar-refractivity contribution >= 4 is 21.4 Å². The molecule has 1 N–H and O–H groups in total. The maximum atomic E-state index is 12.5. The number of halogens is 3. The third-order valence-corrected chi connectivity index (χ3v) is 5.23. The molecule has 2 aromatic rings. The van der Waals surface area contributed by atoms with E-state index in [4.69, 9.17) is 0 Å². The number of aromatic nitrogens is 1. The minimum atomic E-state index is -4.62. The lowest BCUT2D eigenvalue weighted by Crippen LogP contribution is -2.24. The number of nitrogens with one attached hydrogen (secondary N) is 1. The summed E-state index contributed by atoms with van der Waals surface area (Å²) in [6.45, 7) is 3.67. The summed E-state index contributed by atoms with van der Waals surface area (Å²) in [5, 5.41) is 1.98. The fourth-order valence-corrected chi connectivity index (χ4v) is 3.41. The van der Waals surface area contributed by atoms with Gasteiger partial charge in [-0.25, -0.2) is 13.4 Å². The number of para-hydroxylation sites is 1. The van der Waals surface area contributed by atoms with Crippen LogP contribution in [0.3, 0.4) is 0 Å². The van der Waals surface area contributed by atoms with E-state index in [-0.39, 0.29) is 0 Å². The van der Waals surface area contributed by atoms with Crippen LogP contribution in [0, 0.1) is 6.92 Å². The van der Waals surface area contributed by atoms with Gasteiger partial charge < -0.3 is 5.32 Å². The van der Waals surface area contributed by atoms with Crippen LogP contribution in [0.2, 0.25) is 0 Å². The molecular formula is C17H17F3N2O3S. The fraction of sp³-hybridized carbons (Fsp3) is 0.294. The normalized spacial score (nSPS) is 12.0. The van der Waals surface area contributed by atoms with Crippen LogP contribution in [0.4, 0.5) is 18.9 Å². The number of nitrogens with zero attached hydrogens (tertiary/aromatic N) is 1. The number of benzene rings is 1. The first-order valence-corrected chi connectivity index (χ1v) is 9.34. The lowest BCUT2D eigenvalue weighted by Gasteiger charge is -2.13. The van der Waals surface area contributed by atoms with E-state index in [0.29, 0.717) is 24.4 Å². The average Bonchev–Trinajstić information content (AvgIpc) is 2.55. The van der Waals surface area contributed by atoms with E-state index in [9.17, 15) is 26.4 Å². The van der Waals surface area contributed by atoms with Crippen LogP contribution >= 0.6 is 0 Å². The molecule has 1 aromatic carbocycles. The molecule has 0 aliphatic carbocycles. The average molecular weight is 386 g/mol. The monoisotopic (exact) mass is 386 g/mol. The third-order valence-electron chi connectivity index (χ3n) is 3.71. The van der Waals surface area contributed by atoms with Crippen LogP contribution in [-0.4, -0.2) is 25.1 Å². The summed E-state index contributed by atoms with van der Waals surface area (Å²) in [7, 11) is -4.16. The van der Waals surface area contributed by atoms with Crippen LogP contribution in [-0.2, 0) is 27.2 Å². The fourth-order valence-electron chi connectivity index (χ4n) is 2.36. The van der Waals surface area contributed by atoms with E-state index in [1.165, 1.54) is 0 Å². The predicted molar refractivity (Wildman–Crippen MR) is 90.5 cm³/mol. The number of alkyl halides is 3. The molecule has 1 aromatic heterocycles. The number of hydrogen-bond donors (Lipinski definition) is 1. The topological polar surface area (TPSA) is 76.1 Å². The number of hydrogen-bond acceptors (Lipinski definition) is 4. The molecule has 0 unspecified atom stereocenters. The molecule has 0 saturated heterocycles. The van der Waals surface area contributed by atoms with Crippen molar-refractivity contribution < 1.29 is 26.4 Å². The number of pyridine rings is 1. The number of amides is 1. The Labute approximate surface area is 149 Å². The Bertz CT molecular complexity index is 908. The van der Waals surface area contributed by atoms with Crippen LogP contribution in [0.5, 0.6) is 0 Å². The summed E-state index contributed by atoms with van der Waals surface area (Å²) in [6, 6.07) is 6.78. The summed E-state index contributed by atoms with van der Waals surface area (Å²) < 4.78 is 62.0. The molecule has 2 rings (SSSR count). The Kier molecular flexibility index (Phi) is 5.70. The Hall–Kier alpha value is -2.42. The van der Waals surface area contributed by atoms with Crippen LogP contribution in [0.25, 0.3) is 0 Å². The minimum Gasteiger partial charge on any atom is -0.325 e. The number of anilines is 1. The second-order valence-electron chi connectivity index (χ2n) is 5.65. The van der Waals surface area contributed by atoms with Crippen molar-refractivity contribution in [2.24, 2.45) is 0 Å². The van der Waals surface area contributed by atoms with Gasteiger partial charge in [0, 0.05) is 11.9 Å². The van der Waals surface area contributed by atoms with E-state index in [1.807, 2.05) is 19.1 Å². The Morgan fingerprint density at radius 2 is 1.88 bits per heavy atom. The number of carbonyl (C=O) groups is 1. The van der Waals surface area contributed by atoms with Gasteiger partial charge in [-0.2, -0.15) is 13.2 Å². The van der Waals surface area contributed by atoms with Crippen molar-refractivity contribution in [3.05, 3.63) is 53.2 Å². The van der Waals surface area contributed by atoms with E-state index >= 15 is 0 Å². The van der Waals surface area contributed by atoms with Crippen molar-refractivity contribution in [2.45, 2.75) is 31.5 Å². The molecule has 0 saturated carbocycles. The highest BCUT2D eigenvalue weighted by Gasteiger charge is 2.31. The zero-order valence-electron chi connectivity index (χ0n) is 14.1. The highest BCUT2D eigenvalue weighted by atomic mass is 32.2. The van der Waals surface area contributed by atoms with E-state index < -0.39 is 38.3 Å². The van der Waals surface area contributed by atoms with E-state index in [2.05, 4.69) is 10.3 Å². The second-order valence-corrected chi connectivity index (χ2v) is 7.59. The van der Waals surface area contributed by atoms with Gasteiger partial charge in [-0.3, -0.25) is 4.79 Å². The largest absolute Gasteiger partial charge is 0.417 e. The lowest BCUT2D eigenvalue weighted by atomic mass is 10.1. The smallest absolute Gasteiger partial charge is 0.325 e. The molecule has 0 aliphatic heterocycles. The van der Waals surface area contributed by atoms with E-state index in [0.717, 1.165) is 17.2 Å². The van der Waals surface area contributed by atoms with E-state index in [1.54, 1.807) is 13.0 Å². The molecule has 1 amide bonds. The summed E-state index contributed by atoms with van der Waals surface area (Å²) in [5.74, 6) is -1.70. The van der Waals surface area contributed by atoms with Gasteiger partial charge in [0.05, 0.1) is 5.56 Å². The predicted octanol–water partition coefficient (Wildman–Crippen LogP) is 3.38. The quantitative estimate of drug-likeness (QED) is 0.855. The van der Waals surface area contributed by atoms with Gasteiger partial charge >= 0.3 is 6.18 Å². The third kappa shape index (κ3) is 4.60. The second kappa shape index (κ2) is 7.45. The molecule has 0 radical (unpaired) electrons. The van der Waals surface area contributed by atoms with Gasteiger partial charge in [0.25, 0.3) is 0 Å². The molecule has 140 valence electrons. The highest BCUT2D eigenvalue weighted by Crippen LogP contribution is 2.29. The zero-order chi connectivity index (χ0) is 19.5. The summed E-state index contributed by atoms with van der Waals surface area (Å²) in [4.78, 5) is 15.5. The van der Waals surface area contributed by atoms with Crippen LogP contribution < -0.4 is 5.32 Å². The summed E-state index contributed by atoms with van der Waals surface area (Å²) in [5.41, 5.74) is 1.11. The maximum absolute atomic E-state index is 12.5. The molecule has 0 aliphatic rings. The van der Waals surface area contributed by atoms with Crippen molar-refractivity contribution in [1.29, 1.82) is 0 Å².